The standard InChI is InChI=1S/C21H17N3O3/c1-13-12-15(10-11-18(13)26-2)19-20(24-27-23-19)22-21(25)17-9-5-7-14-6-3-4-8-16(14)17/h3-12H,1-2H3,(H,22,24,25). The molecule has 1 N–H and O–H groups in total. The molecule has 6 nitrogen and oxygen atoms in total. The molecule has 0 fully saturated rings. The number of aromatic nitrogens is 2. The minimum Gasteiger partial charge on any atom is -0.496 e. The summed E-state index contributed by atoms with van der Waals surface area (Å²) in [6.45, 7) is 1.93. The van der Waals surface area contributed by atoms with Crippen LogP contribution in [0.3, 0.4) is 0 Å². The number of amides is 1. The smallest absolute Gasteiger partial charge is 0.257 e. The van der Waals surface area contributed by atoms with Crippen LogP contribution in [0.15, 0.2) is 65.3 Å². The number of anilines is 1. The number of carbonyl (C=O) groups excluding carboxylic acids is 1. The van der Waals surface area contributed by atoms with E-state index in [1.807, 2.05) is 61.5 Å². The lowest BCUT2D eigenvalue weighted by Crippen LogP contribution is -2.13. The van der Waals surface area contributed by atoms with Gasteiger partial charge in [-0.15, -0.1) is 0 Å². The number of ether oxygens (including phenoxy) is 1. The zero-order valence-corrected chi connectivity index (χ0v) is 14.9. The van der Waals surface area contributed by atoms with Crippen LogP contribution in [0.5, 0.6) is 5.75 Å². The molecule has 134 valence electrons. The van der Waals surface area contributed by atoms with Gasteiger partial charge in [-0.3, -0.25) is 4.79 Å². The topological polar surface area (TPSA) is 77.2 Å². The van der Waals surface area contributed by atoms with Crippen molar-refractivity contribution >= 4 is 22.5 Å². The van der Waals surface area contributed by atoms with Gasteiger partial charge in [0.2, 0.25) is 5.82 Å². The van der Waals surface area contributed by atoms with Crippen LogP contribution in [-0.4, -0.2) is 23.3 Å². The second-order valence-corrected chi connectivity index (χ2v) is 6.13. The highest BCUT2D eigenvalue weighted by Gasteiger charge is 2.18. The lowest BCUT2D eigenvalue weighted by Gasteiger charge is -2.08. The molecule has 27 heavy (non-hydrogen) atoms. The van der Waals surface area contributed by atoms with E-state index in [-0.39, 0.29) is 11.7 Å². The molecule has 1 heterocycles. The molecule has 3 aromatic carbocycles. The van der Waals surface area contributed by atoms with Crippen molar-refractivity contribution in [2.24, 2.45) is 0 Å². The Morgan fingerprint density at radius 3 is 2.67 bits per heavy atom. The van der Waals surface area contributed by atoms with Crippen LogP contribution in [0.4, 0.5) is 5.82 Å². The maximum Gasteiger partial charge on any atom is 0.257 e. The van der Waals surface area contributed by atoms with Crippen LogP contribution in [-0.2, 0) is 0 Å². The van der Waals surface area contributed by atoms with Gasteiger partial charge in [0.1, 0.15) is 5.75 Å². The number of carbonyl (C=O) groups is 1. The highest BCUT2D eigenvalue weighted by atomic mass is 16.6. The van der Waals surface area contributed by atoms with E-state index in [1.54, 1.807) is 13.2 Å². The molecule has 0 saturated carbocycles. The molecule has 4 rings (SSSR count). The molecule has 0 aliphatic carbocycles. The first kappa shape index (κ1) is 16.8. The van der Waals surface area contributed by atoms with E-state index in [2.05, 4.69) is 15.6 Å². The van der Waals surface area contributed by atoms with Crippen molar-refractivity contribution in [3.8, 4) is 17.0 Å². The molecule has 0 spiro atoms. The average molecular weight is 359 g/mol. The number of aryl methyl sites for hydroxylation is 1. The van der Waals surface area contributed by atoms with Crippen LogP contribution < -0.4 is 10.1 Å². The summed E-state index contributed by atoms with van der Waals surface area (Å²) in [6, 6.07) is 18.9. The number of fused-ring (bicyclic) bond motifs is 1. The number of hydrogen-bond donors (Lipinski definition) is 1. The van der Waals surface area contributed by atoms with Crippen molar-refractivity contribution in [2.75, 3.05) is 12.4 Å². The first-order chi connectivity index (χ1) is 13.2. The van der Waals surface area contributed by atoms with E-state index in [0.29, 0.717) is 11.3 Å². The number of nitrogens with zero attached hydrogens (tertiary/aromatic N) is 2. The van der Waals surface area contributed by atoms with Gasteiger partial charge in [0.05, 0.1) is 7.11 Å². The summed E-state index contributed by atoms with van der Waals surface area (Å²) in [4.78, 5) is 12.8. The van der Waals surface area contributed by atoms with Gasteiger partial charge in [-0.1, -0.05) is 36.4 Å². The maximum absolute atomic E-state index is 12.8. The highest BCUT2D eigenvalue weighted by molar-refractivity contribution is 6.13. The largest absolute Gasteiger partial charge is 0.496 e. The average Bonchev–Trinajstić information content (AvgIpc) is 3.15. The fraction of sp³-hybridized carbons (Fsp3) is 0.0952. The Morgan fingerprint density at radius 1 is 1.04 bits per heavy atom. The Morgan fingerprint density at radius 2 is 1.85 bits per heavy atom. The third-order valence-electron chi connectivity index (χ3n) is 4.42. The lowest BCUT2D eigenvalue weighted by atomic mass is 10.0. The Bertz CT molecular complexity index is 1130. The van der Waals surface area contributed by atoms with Crippen molar-refractivity contribution in [1.29, 1.82) is 0 Å². The fourth-order valence-corrected chi connectivity index (χ4v) is 3.08. The third kappa shape index (κ3) is 3.13. The van der Waals surface area contributed by atoms with Crippen LogP contribution in [0.1, 0.15) is 15.9 Å². The molecule has 0 atom stereocenters. The third-order valence-corrected chi connectivity index (χ3v) is 4.42. The van der Waals surface area contributed by atoms with Gasteiger partial charge in [0, 0.05) is 11.1 Å². The molecule has 0 aliphatic rings. The first-order valence-corrected chi connectivity index (χ1v) is 8.44. The predicted octanol–water partition coefficient (Wildman–Crippen LogP) is 4.46. The van der Waals surface area contributed by atoms with Crippen LogP contribution >= 0.6 is 0 Å². The Hall–Kier alpha value is -3.67. The van der Waals surface area contributed by atoms with Crippen molar-refractivity contribution < 1.29 is 14.2 Å². The summed E-state index contributed by atoms with van der Waals surface area (Å²) in [5.41, 5.74) is 2.76. The van der Waals surface area contributed by atoms with Crippen molar-refractivity contribution in [3.05, 3.63) is 71.8 Å². The monoisotopic (exact) mass is 359 g/mol. The molecule has 0 saturated heterocycles. The van der Waals surface area contributed by atoms with Gasteiger partial charge in [-0.25, -0.2) is 4.63 Å². The van der Waals surface area contributed by atoms with Crippen LogP contribution in [0.2, 0.25) is 0 Å². The lowest BCUT2D eigenvalue weighted by molar-refractivity contribution is 0.102. The number of hydrogen-bond acceptors (Lipinski definition) is 5. The summed E-state index contributed by atoms with van der Waals surface area (Å²) in [7, 11) is 1.62. The molecular weight excluding hydrogens is 342 g/mol. The zero-order chi connectivity index (χ0) is 18.8. The summed E-state index contributed by atoms with van der Waals surface area (Å²) < 4.78 is 10.2. The predicted molar refractivity (Wildman–Crippen MR) is 103 cm³/mol. The van der Waals surface area contributed by atoms with Gasteiger partial charge in [-0.2, -0.15) is 0 Å². The molecule has 1 amide bonds. The molecule has 4 aromatic rings. The summed E-state index contributed by atoms with van der Waals surface area (Å²) in [5, 5.41) is 12.5. The van der Waals surface area contributed by atoms with Gasteiger partial charge < -0.3 is 10.1 Å². The second-order valence-electron chi connectivity index (χ2n) is 6.13. The fourth-order valence-electron chi connectivity index (χ4n) is 3.08. The molecule has 0 bridgehead atoms. The van der Waals surface area contributed by atoms with E-state index < -0.39 is 0 Å². The number of rotatable bonds is 4. The quantitative estimate of drug-likeness (QED) is 0.582. The normalized spacial score (nSPS) is 10.7. The van der Waals surface area contributed by atoms with E-state index >= 15 is 0 Å². The van der Waals surface area contributed by atoms with Gasteiger partial charge >= 0.3 is 0 Å². The SMILES string of the molecule is COc1ccc(-c2nonc2NC(=O)c2cccc3ccccc23)cc1C. The number of methoxy groups -OCH3 is 1. The van der Waals surface area contributed by atoms with Crippen molar-refractivity contribution in [1.82, 2.24) is 10.3 Å². The van der Waals surface area contributed by atoms with E-state index in [1.165, 1.54) is 0 Å². The van der Waals surface area contributed by atoms with Gasteiger partial charge in [0.25, 0.3) is 5.91 Å². The first-order valence-electron chi connectivity index (χ1n) is 8.44. The van der Waals surface area contributed by atoms with Crippen LogP contribution in [0, 0.1) is 6.92 Å². The Balaban J connectivity index is 1.67. The summed E-state index contributed by atoms with van der Waals surface area (Å²) in [5.74, 6) is 0.781. The van der Waals surface area contributed by atoms with Gasteiger partial charge in [0.15, 0.2) is 5.69 Å². The molecule has 6 heteroatoms. The van der Waals surface area contributed by atoms with E-state index in [0.717, 1.165) is 27.6 Å². The maximum atomic E-state index is 12.8. The van der Waals surface area contributed by atoms with E-state index in [9.17, 15) is 4.79 Å². The second kappa shape index (κ2) is 6.92. The van der Waals surface area contributed by atoms with E-state index in [4.69, 9.17) is 9.37 Å². The molecule has 0 radical (unpaired) electrons. The molecular formula is C21H17N3O3. The Kier molecular flexibility index (Phi) is 4.30. The molecule has 0 aliphatic heterocycles. The van der Waals surface area contributed by atoms with Crippen molar-refractivity contribution in [2.45, 2.75) is 6.92 Å². The molecule has 1 aromatic heterocycles. The summed E-state index contributed by atoms with van der Waals surface area (Å²) >= 11 is 0. The van der Waals surface area contributed by atoms with Gasteiger partial charge in [-0.05, 0) is 57.8 Å². The van der Waals surface area contributed by atoms with Crippen LogP contribution in [0.25, 0.3) is 22.0 Å². The zero-order valence-electron chi connectivity index (χ0n) is 14.9. The minimum absolute atomic E-state index is 0.269. The number of nitrogens with one attached hydrogen (secondary N) is 1. The number of benzene rings is 3. The summed E-state index contributed by atoms with van der Waals surface area (Å²) in [6.07, 6.45) is 0. The Labute approximate surface area is 155 Å². The minimum atomic E-state index is -0.269. The van der Waals surface area contributed by atoms with Crippen molar-refractivity contribution in [3.63, 3.8) is 0 Å². The highest BCUT2D eigenvalue weighted by Crippen LogP contribution is 2.29. The molecule has 0 unspecified atom stereocenters.